The minimum absolute atomic E-state index is 0.579. The van der Waals surface area contributed by atoms with Crippen LogP contribution in [0.4, 0.5) is 0 Å². The van der Waals surface area contributed by atoms with Crippen LogP contribution in [0.25, 0.3) is 16.9 Å². The molecule has 0 radical (unpaired) electrons. The molecule has 0 atom stereocenters. The molecule has 0 bridgehead atoms. The SMILES string of the molecule is Brc1cccc2nc(-n3cccn3)ncc12. The van der Waals surface area contributed by atoms with Crippen molar-refractivity contribution in [2.75, 3.05) is 0 Å². The van der Waals surface area contributed by atoms with E-state index in [4.69, 9.17) is 0 Å². The van der Waals surface area contributed by atoms with Gasteiger partial charge in [-0.1, -0.05) is 22.0 Å². The quantitative estimate of drug-likeness (QED) is 0.685. The first-order valence-corrected chi connectivity index (χ1v) is 5.55. The summed E-state index contributed by atoms with van der Waals surface area (Å²) in [5.74, 6) is 0.579. The van der Waals surface area contributed by atoms with E-state index in [1.807, 2.05) is 30.5 Å². The average molecular weight is 275 g/mol. The maximum atomic E-state index is 4.44. The van der Waals surface area contributed by atoms with E-state index in [9.17, 15) is 0 Å². The number of nitrogens with zero attached hydrogens (tertiary/aromatic N) is 4. The normalized spacial score (nSPS) is 10.8. The van der Waals surface area contributed by atoms with Crippen molar-refractivity contribution in [3.05, 3.63) is 47.3 Å². The van der Waals surface area contributed by atoms with Gasteiger partial charge in [0.05, 0.1) is 5.52 Å². The Balaban J connectivity index is 2.24. The van der Waals surface area contributed by atoms with Crippen LogP contribution in [0.3, 0.4) is 0 Å². The van der Waals surface area contributed by atoms with Crippen LogP contribution >= 0.6 is 15.9 Å². The number of rotatable bonds is 1. The molecule has 0 fully saturated rings. The molecular weight excluding hydrogens is 268 g/mol. The number of halogens is 1. The van der Waals surface area contributed by atoms with Crippen molar-refractivity contribution in [1.82, 2.24) is 19.7 Å². The monoisotopic (exact) mass is 274 g/mol. The van der Waals surface area contributed by atoms with Gasteiger partial charge >= 0.3 is 0 Å². The number of benzene rings is 1. The summed E-state index contributed by atoms with van der Waals surface area (Å²) < 4.78 is 2.64. The molecule has 0 aliphatic heterocycles. The predicted octanol–water partition coefficient (Wildman–Crippen LogP) is 2.58. The van der Waals surface area contributed by atoms with Gasteiger partial charge in [-0.2, -0.15) is 5.10 Å². The van der Waals surface area contributed by atoms with Crippen LogP contribution in [0.15, 0.2) is 47.3 Å². The van der Waals surface area contributed by atoms with Crippen molar-refractivity contribution in [3.63, 3.8) is 0 Å². The van der Waals surface area contributed by atoms with Gasteiger partial charge in [0.2, 0.25) is 0 Å². The molecule has 3 aromatic rings. The number of fused-ring (bicyclic) bond motifs is 1. The molecule has 0 aliphatic carbocycles. The third-order valence-electron chi connectivity index (χ3n) is 2.27. The van der Waals surface area contributed by atoms with E-state index in [0.29, 0.717) is 5.95 Å². The van der Waals surface area contributed by atoms with Gasteiger partial charge in [-0.25, -0.2) is 14.6 Å². The lowest BCUT2D eigenvalue weighted by molar-refractivity contribution is 0.815. The van der Waals surface area contributed by atoms with Gasteiger partial charge in [0, 0.05) is 28.4 Å². The first kappa shape index (κ1) is 9.47. The summed E-state index contributed by atoms with van der Waals surface area (Å²) in [6, 6.07) is 7.72. The molecule has 0 unspecified atom stereocenters. The summed E-state index contributed by atoms with van der Waals surface area (Å²) in [4.78, 5) is 8.71. The Morgan fingerprint density at radius 3 is 2.94 bits per heavy atom. The molecule has 1 aromatic carbocycles. The zero-order valence-electron chi connectivity index (χ0n) is 8.21. The topological polar surface area (TPSA) is 43.6 Å². The summed E-state index contributed by atoms with van der Waals surface area (Å²) in [6.07, 6.45) is 5.32. The van der Waals surface area contributed by atoms with Crippen molar-refractivity contribution in [1.29, 1.82) is 0 Å². The van der Waals surface area contributed by atoms with Crippen LogP contribution in [0.1, 0.15) is 0 Å². The molecule has 5 heteroatoms. The van der Waals surface area contributed by atoms with Crippen molar-refractivity contribution in [2.24, 2.45) is 0 Å². The molecule has 0 aliphatic rings. The second-order valence-corrected chi connectivity index (χ2v) is 4.15. The van der Waals surface area contributed by atoms with Crippen LogP contribution in [0.5, 0.6) is 0 Å². The zero-order valence-corrected chi connectivity index (χ0v) is 9.79. The highest BCUT2D eigenvalue weighted by Gasteiger charge is 2.03. The first-order chi connectivity index (χ1) is 7.84. The van der Waals surface area contributed by atoms with Gasteiger partial charge in [-0.3, -0.25) is 0 Å². The Kier molecular flexibility index (Phi) is 2.18. The van der Waals surface area contributed by atoms with Crippen molar-refractivity contribution in [2.45, 2.75) is 0 Å². The molecule has 78 valence electrons. The largest absolute Gasteiger partial charge is 0.251 e. The molecule has 16 heavy (non-hydrogen) atoms. The maximum Gasteiger partial charge on any atom is 0.251 e. The fourth-order valence-electron chi connectivity index (χ4n) is 1.51. The van der Waals surface area contributed by atoms with Gasteiger partial charge in [0.1, 0.15) is 0 Å². The minimum Gasteiger partial charge on any atom is -0.219 e. The highest BCUT2D eigenvalue weighted by atomic mass is 79.9. The fourth-order valence-corrected chi connectivity index (χ4v) is 1.97. The molecule has 2 aromatic heterocycles. The molecule has 4 nitrogen and oxygen atoms in total. The van der Waals surface area contributed by atoms with Crippen molar-refractivity contribution >= 4 is 26.8 Å². The smallest absolute Gasteiger partial charge is 0.219 e. The van der Waals surface area contributed by atoms with E-state index in [0.717, 1.165) is 15.4 Å². The van der Waals surface area contributed by atoms with E-state index in [1.165, 1.54) is 0 Å². The van der Waals surface area contributed by atoms with Crippen LogP contribution in [-0.4, -0.2) is 19.7 Å². The minimum atomic E-state index is 0.579. The second-order valence-electron chi connectivity index (χ2n) is 3.29. The molecule has 3 rings (SSSR count). The summed E-state index contributed by atoms with van der Waals surface area (Å²) >= 11 is 3.47. The van der Waals surface area contributed by atoms with E-state index in [2.05, 4.69) is 31.0 Å². The van der Waals surface area contributed by atoms with E-state index < -0.39 is 0 Å². The Hall–Kier alpha value is -1.75. The molecule has 0 saturated carbocycles. The van der Waals surface area contributed by atoms with Gasteiger partial charge in [0.15, 0.2) is 0 Å². The maximum absolute atomic E-state index is 4.44. The van der Waals surface area contributed by atoms with Crippen molar-refractivity contribution in [3.8, 4) is 5.95 Å². The number of aromatic nitrogens is 4. The molecule has 0 N–H and O–H groups in total. The van der Waals surface area contributed by atoms with E-state index in [1.54, 1.807) is 17.1 Å². The van der Waals surface area contributed by atoms with Gasteiger partial charge in [-0.15, -0.1) is 0 Å². The van der Waals surface area contributed by atoms with Crippen LogP contribution in [0, 0.1) is 0 Å². The number of hydrogen-bond acceptors (Lipinski definition) is 3. The molecule has 0 saturated heterocycles. The lowest BCUT2D eigenvalue weighted by Crippen LogP contribution is -2.01. The third-order valence-corrected chi connectivity index (χ3v) is 2.96. The summed E-state index contributed by atoms with van der Waals surface area (Å²) in [5.41, 5.74) is 0.898. The summed E-state index contributed by atoms with van der Waals surface area (Å²) in [7, 11) is 0. The van der Waals surface area contributed by atoms with E-state index in [-0.39, 0.29) is 0 Å². The molecule has 2 heterocycles. The Morgan fingerprint density at radius 1 is 1.19 bits per heavy atom. The van der Waals surface area contributed by atoms with Crippen molar-refractivity contribution < 1.29 is 0 Å². The van der Waals surface area contributed by atoms with Crippen LogP contribution in [0.2, 0.25) is 0 Å². The lowest BCUT2D eigenvalue weighted by Gasteiger charge is -2.02. The Bertz CT molecular complexity index is 634. The van der Waals surface area contributed by atoms with Gasteiger partial charge in [-0.05, 0) is 18.2 Å². The Morgan fingerprint density at radius 2 is 2.12 bits per heavy atom. The summed E-state index contributed by atoms with van der Waals surface area (Å²) in [5, 5.41) is 5.09. The zero-order chi connectivity index (χ0) is 11.0. The Labute approximate surface area is 100 Å². The van der Waals surface area contributed by atoms with E-state index >= 15 is 0 Å². The van der Waals surface area contributed by atoms with Crippen LogP contribution in [-0.2, 0) is 0 Å². The second kappa shape index (κ2) is 3.68. The molecule has 0 amide bonds. The summed E-state index contributed by atoms with van der Waals surface area (Å²) in [6.45, 7) is 0. The standard InChI is InChI=1S/C11H7BrN4/c12-9-3-1-4-10-8(9)7-13-11(15-10)16-6-2-5-14-16/h1-7H. The predicted molar refractivity (Wildman–Crippen MR) is 64.4 cm³/mol. The molecule has 0 spiro atoms. The average Bonchev–Trinajstić information content (AvgIpc) is 2.82. The lowest BCUT2D eigenvalue weighted by atomic mass is 10.2. The fraction of sp³-hybridized carbons (Fsp3) is 0. The first-order valence-electron chi connectivity index (χ1n) is 4.76. The highest BCUT2D eigenvalue weighted by molar-refractivity contribution is 9.10. The highest BCUT2D eigenvalue weighted by Crippen LogP contribution is 2.21. The van der Waals surface area contributed by atoms with Gasteiger partial charge in [0.25, 0.3) is 5.95 Å². The molecular formula is C11H7BrN4. The third kappa shape index (κ3) is 1.49. The van der Waals surface area contributed by atoms with Crippen LogP contribution < -0.4 is 0 Å². The van der Waals surface area contributed by atoms with Gasteiger partial charge < -0.3 is 0 Å². The number of hydrogen-bond donors (Lipinski definition) is 0.